The second-order valence-corrected chi connectivity index (χ2v) is 6.17. The predicted octanol–water partition coefficient (Wildman–Crippen LogP) is 5.20. The van der Waals surface area contributed by atoms with E-state index in [1.807, 2.05) is 12.3 Å². The van der Waals surface area contributed by atoms with Crippen molar-refractivity contribution in [2.75, 3.05) is 0 Å². The molecule has 0 aliphatic heterocycles. The Morgan fingerprint density at radius 2 is 1.83 bits per heavy atom. The maximum Gasteiger partial charge on any atom is 0.123 e. The molecule has 0 saturated heterocycles. The smallest absolute Gasteiger partial charge is 0.123 e. The standard InChI is InChI=1S/C15H18FNS/c1-9(2)13-7-11(16)5-6-12(13)15-17-8-14(18-15)10(3)4/h5-10H,1-4H3. The molecule has 0 bridgehead atoms. The zero-order valence-electron chi connectivity index (χ0n) is 11.2. The van der Waals surface area contributed by atoms with Crippen LogP contribution in [0.2, 0.25) is 0 Å². The zero-order valence-corrected chi connectivity index (χ0v) is 12.0. The normalized spacial score (nSPS) is 11.5. The van der Waals surface area contributed by atoms with Crippen LogP contribution >= 0.6 is 11.3 Å². The molecular formula is C15H18FNS. The van der Waals surface area contributed by atoms with Gasteiger partial charge in [0.05, 0.1) is 0 Å². The van der Waals surface area contributed by atoms with Crippen LogP contribution in [0.25, 0.3) is 10.6 Å². The maximum atomic E-state index is 13.3. The van der Waals surface area contributed by atoms with Gasteiger partial charge in [-0.25, -0.2) is 9.37 Å². The molecule has 0 fully saturated rings. The lowest BCUT2D eigenvalue weighted by molar-refractivity contribution is 0.623. The first kappa shape index (κ1) is 13.2. The molecule has 3 heteroatoms. The van der Waals surface area contributed by atoms with Gasteiger partial charge >= 0.3 is 0 Å². The average Bonchev–Trinajstić information content (AvgIpc) is 2.78. The van der Waals surface area contributed by atoms with Crippen LogP contribution in [0.3, 0.4) is 0 Å². The minimum atomic E-state index is -0.178. The molecule has 0 aliphatic carbocycles. The number of thiazole rings is 1. The Labute approximate surface area is 112 Å². The van der Waals surface area contributed by atoms with E-state index >= 15 is 0 Å². The third-order valence-corrected chi connectivity index (χ3v) is 4.29. The lowest BCUT2D eigenvalue weighted by atomic mass is 9.97. The van der Waals surface area contributed by atoms with Gasteiger partial charge in [-0.2, -0.15) is 0 Å². The molecule has 0 amide bonds. The number of hydrogen-bond donors (Lipinski definition) is 0. The highest BCUT2D eigenvalue weighted by atomic mass is 32.1. The highest BCUT2D eigenvalue weighted by molar-refractivity contribution is 7.15. The Kier molecular flexibility index (Phi) is 3.81. The number of benzene rings is 1. The summed E-state index contributed by atoms with van der Waals surface area (Å²) in [5.74, 6) is 0.601. The lowest BCUT2D eigenvalue weighted by Crippen LogP contribution is -1.93. The summed E-state index contributed by atoms with van der Waals surface area (Å²) in [6.07, 6.45) is 1.93. The Bertz CT molecular complexity index is 543. The number of rotatable bonds is 3. The first-order chi connectivity index (χ1) is 8.49. The van der Waals surface area contributed by atoms with Crippen LogP contribution in [0.15, 0.2) is 24.4 Å². The monoisotopic (exact) mass is 263 g/mol. The van der Waals surface area contributed by atoms with Crippen LogP contribution in [0.4, 0.5) is 4.39 Å². The van der Waals surface area contributed by atoms with Crippen molar-refractivity contribution < 1.29 is 4.39 Å². The zero-order chi connectivity index (χ0) is 13.3. The maximum absolute atomic E-state index is 13.3. The minimum absolute atomic E-state index is 0.178. The Hall–Kier alpha value is -1.22. The summed E-state index contributed by atoms with van der Waals surface area (Å²) >= 11 is 1.70. The molecule has 18 heavy (non-hydrogen) atoms. The topological polar surface area (TPSA) is 12.9 Å². The van der Waals surface area contributed by atoms with Crippen molar-refractivity contribution in [3.8, 4) is 10.6 Å². The van der Waals surface area contributed by atoms with Crippen molar-refractivity contribution in [3.05, 3.63) is 40.7 Å². The van der Waals surface area contributed by atoms with Crippen LogP contribution in [0.5, 0.6) is 0 Å². The summed E-state index contributed by atoms with van der Waals surface area (Å²) in [5, 5.41) is 0.988. The summed E-state index contributed by atoms with van der Waals surface area (Å²) in [7, 11) is 0. The van der Waals surface area contributed by atoms with E-state index in [2.05, 4.69) is 32.7 Å². The van der Waals surface area contributed by atoms with Gasteiger partial charge in [0.2, 0.25) is 0 Å². The summed E-state index contributed by atoms with van der Waals surface area (Å²) in [4.78, 5) is 5.74. The van der Waals surface area contributed by atoms with E-state index in [-0.39, 0.29) is 5.82 Å². The summed E-state index contributed by atoms with van der Waals surface area (Å²) in [5.41, 5.74) is 2.09. The highest BCUT2D eigenvalue weighted by Crippen LogP contribution is 2.34. The molecule has 0 unspecified atom stereocenters. The van der Waals surface area contributed by atoms with E-state index in [9.17, 15) is 4.39 Å². The molecule has 0 N–H and O–H groups in total. The van der Waals surface area contributed by atoms with Gasteiger partial charge in [0.1, 0.15) is 10.8 Å². The van der Waals surface area contributed by atoms with Gasteiger partial charge < -0.3 is 0 Å². The van der Waals surface area contributed by atoms with Crippen molar-refractivity contribution in [2.24, 2.45) is 0 Å². The quantitative estimate of drug-likeness (QED) is 0.742. The molecule has 0 aliphatic rings. The van der Waals surface area contributed by atoms with Crippen LogP contribution in [-0.4, -0.2) is 4.98 Å². The fourth-order valence-corrected chi connectivity index (χ4v) is 2.85. The number of hydrogen-bond acceptors (Lipinski definition) is 2. The Morgan fingerprint density at radius 1 is 1.11 bits per heavy atom. The largest absolute Gasteiger partial charge is 0.244 e. The number of nitrogens with zero attached hydrogens (tertiary/aromatic N) is 1. The third-order valence-electron chi connectivity index (χ3n) is 2.96. The SMILES string of the molecule is CC(C)c1cnc(-c2ccc(F)cc2C(C)C)s1. The fourth-order valence-electron chi connectivity index (χ4n) is 1.88. The molecule has 2 rings (SSSR count). The van der Waals surface area contributed by atoms with Crippen molar-refractivity contribution in [3.63, 3.8) is 0 Å². The van der Waals surface area contributed by atoms with Gasteiger partial charge in [0, 0.05) is 16.6 Å². The van der Waals surface area contributed by atoms with Gasteiger partial charge in [-0.3, -0.25) is 0 Å². The van der Waals surface area contributed by atoms with Crippen LogP contribution < -0.4 is 0 Å². The first-order valence-electron chi connectivity index (χ1n) is 6.24. The van der Waals surface area contributed by atoms with Gasteiger partial charge in [-0.05, 0) is 35.6 Å². The van der Waals surface area contributed by atoms with Crippen LogP contribution in [-0.2, 0) is 0 Å². The van der Waals surface area contributed by atoms with Crippen molar-refractivity contribution >= 4 is 11.3 Å². The van der Waals surface area contributed by atoms with E-state index in [0.717, 1.165) is 16.1 Å². The molecule has 1 nitrogen and oxygen atoms in total. The molecule has 0 saturated carbocycles. The molecule has 0 atom stereocenters. The van der Waals surface area contributed by atoms with Gasteiger partial charge in [-0.1, -0.05) is 27.7 Å². The second-order valence-electron chi connectivity index (χ2n) is 5.11. The van der Waals surface area contributed by atoms with Crippen LogP contribution in [0.1, 0.15) is 50.0 Å². The molecule has 0 radical (unpaired) electrons. The summed E-state index contributed by atoms with van der Waals surface area (Å²) in [6, 6.07) is 4.97. The van der Waals surface area contributed by atoms with Gasteiger partial charge in [0.15, 0.2) is 0 Å². The van der Waals surface area contributed by atoms with Gasteiger partial charge in [-0.15, -0.1) is 11.3 Å². The molecule has 0 spiro atoms. The van der Waals surface area contributed by atoms with E-state index in [4.69, 9.17) is 0 Å². The molecule has 1 aromatic carbocycles. The number of aromatic nitrogens is 1. The summed E-state index contributed by atoms with van der Waals surface area (Å²) < 4.78 is 13.3. The van der Waals surface area contributed by atoms with Crippen molar-refractivity contribution in [1.82, 2.24) is 4.98 Å². The van der Waals surface area contributed by atoms with E-state index < -0.39 is 0 Å². The second kappa shape index (κ2) is 5.19. The van der Waals surface area contributed by atoms with Crippen molar-refractivity contribution in [1.29, 1.82) is 0 Å². The van der Waals surface area contributed by atoms with Gasteiger partial charge in [0.25, 0.3) is 0 Å². The molecule has 1 aromatic heterocycles. The molecule has 1 heterocycles. The van der Waals surface area contributed by atoms with E-state index in [1.54, 1.807) is 17.4 Å². The fraction of sp³-hybridized carbons (Fsp3) is 0.400. The number of halogens is 1. The Balaban J connectivity index is 2.49. The molecular weight excluding hydrogens is 245 g/mol. The first-order valence-corrected chi connectivity index (χ1v) is 7.06. The van der Waals surface area contributed by atoms with E-state index in [1.165, 1.54) is 10.9 Å². The predicted molar refractivity (Wildman–Crippen MR) is 75.7 cm³/mol. The van der Waals surface area contributed by atoms with Crippen LogP contribution in [0, 0.1) is 5.82 Å². The molecule has 2 aromatic rings. The molecule has 96 valence electrons. The minimum Gasteiger partial charge on any atom is -0.244 e. The average molecular weight is 263 g/mol. The lowest BCUT2D eigenvalue weighted by Gasteiger charge is -2.10. The van der Waals surface area contributed by atoms with Crippen molar-refractivity contribution in [2.45, 2.75) is 39.5 Å². The highest BCUT2D eigenvalue weighted by Gasteiger charge is 2.14. The Morgan fingerprint density at radius 3 is 2.39 bits per heavy atom. The van der Waals surface area contributed by atoms with E-state index in [0.29, 0.717) is 11.8 Å². The third kappa shape index (κ3) is 2.61. The summed E-state index contributed by atoms with van der Waals surface area (Å²) in [6.45, 7) is 8.47.